The van der Waals surface area contributed by atoms with Crippen molar-refractivity contribution in [3.05, 3.63) is 20.8 Å². The summed E-state index contributed by atoms with van der Waals surface area (Å²) >= 11 is 4.91. The zero-order valence-electron chi connectivity index (χ0n) is 7.76. The number of rotatable bonds is 2. The zero-order valence-corrected chi connectivity index (χ0v) is 10.2. The molecule has 0 N–H and O–H groups in total. The van der Waals surface area contributed by atoms with Gasteiger partial charge in [0.05, 0.1) is 12.5 Å². The number of hydrogen-bond acceptors (Lipinski definition) is 3. The SMILES string of the molecule is COC(=O)C(C)(C)c1cc(Br)cs1. The molecule has 1 aromatic heterocycles. The zero-order chi connectivity index (χ0) is 10.1. The van der Waals surface area contributed by atoms with E-state index in [4.69, 9.17) is 4.74 Å². The Morgan fingerprint density at radius 3 is 2.62 bits per heavy atom. The fourth-order valence-electron chi connectivity index (χ4n) is 0.997. The fourth-order valence-corrected chi connectivity index (χ4v) is 2.54. The Bertz CT molecular complexity index is 317. The minimum Gasteiger partial charge on any atom is -0.468 e. The molecule has 0 bridgehead atoms. The highest BCUT2D eigenvalue weighted by Gasteiger charge is 2.32. The van der Waals surface area contributed by atoms with Crippen molar-refractivity contribution in [2.45, 2.75) is 19.3 Å². The first kappa shape index (κ1) is 10.7. The summed E-state index contributed by atoms with van der Waals surface area (Å²) in [7, 11) is 1.41. The third-order valence-electron chi connectivity index (χ3n) is 1.88. The molecule has 1 rings (SSSR count). The highest BCUT2D eigenvalue weighted by Crippen LogP contribution is 2.32. The molecule has 72 valence electrons. The minimum absolute atomic E-state index is 0.207. The summed E-state index contributed by atoms with van der Waals surface area (Å²) in [6.45, 7) is 3.72. The van der Waals surface area contributed by atoms with Gasteiger partial charge in [0.2, 0.25) is 0 Å². The van der Waals surface area contributed by atoms with Crippen molar-refractivity contribution in [2.75, 3.05) is 7.11 Å². The lowest BCUT2D eigenvalue weighted by molar-refractivity contribution is -0.146. The standard InChI is InChI=1S/C9H11BrO2S/c1-9(2,8(11)12-3)7-4-6(10)5-13-7/h4-5H,1-3H3. The van der Waals surface area contributed by atoms with Gasteiger partial charge < -0.3 is 4.74 Å². The first-order valence-corrected chi connectivity index (χ1v) is 5.48. The van der Waals surface area contributed by atoms with E-state index < -0.39 is 5.41 Å². The highest BCUT2D eigenvalue weighted by molar-refractivity contribution is 9.10. The second kappa shape index (κ2) is 3.80. The summed E-state index contributed by atoms with van der Waals surface area (Å²) < 4.78 is 5.74. The Morgan fingerprint density at radius 2 is 2.23 bits per heavy atom. The number of thiophene rings is 1. The number of esters is 1. The summed E-state index contributed by atoms with van der Waals surface area (Å²) in [4.78, 5) is 12.4. The first-order valence-electron chi connectivity index (χ1n) is 3.81. The number of ether oxygens (including phenoxy) is 1. The van der Waals surface area contributed by atoms with Crippen LogP contribution in [0.25, 0.3) is 0 Å². The number of halogens is 1. The van der Waals surface area contributed by atoms with E-state index in [9.17, 15) is 4.79 Å². The maximum Gasteiger partial charge on any atom is 0.316 e. The normalized spacial score (nSPS) is 11.4. The molecule has 0 aliphatic carbocycles. The number of methoxy groups -OCH3 is 1. The fraction of sp³-hybridized carbons (Fsp3) is 0.444. The lowest BCUT2D eigenvalue weighted by Crippen LogP contribution is -2.29. The summed E-state index contributed by atoms with van der Waals surface area (Å²) in [5.74, 6) is -0.207. The van der Waals surface area contributed by atoms with Gasteiger partial charge in [0.1, 0.15) is 0 Å². The highest BCUT2D eigenvalue weighted by atomic mass is 79.9. The second-order valence-electron chi connectivity index (χ2n) is 3.25. The van der Waals surface area contributed by atoms with Crippen molar-refractivity contribution in [1.82, 2.24) is 0 Å². The maximum atomic E-state index is 11.4. The molecule has 0 unspecified atom stereocenters. The number of carbonyl (C=O) groups is 1. The Balaban J connectivity index is 2.99. The van der Waals surface area contributed by atoms with E-state index in [2.05, 4.69) is 15.9 Å². The van der Waals surface area contributed by atoms with Gasteiger partial charge in [-0.1, -0.05) is 0 Å². The van der Waals surface area contributed by atoms with Crippen LogP contribution in [-0.2, 0) is 14.9 Å². The predicted octanol–water partition coefficient (Wildman–Crippen LogP) is 2.96. The molecular weight excluding hydrogens is 252 g/mol. The van der Waals surface area contributed by atoms with Gasteiger partial charge in [0, 0.05) is 14.7 Å². The van der Waals surface area contributed by atoms with Crippen LogP contribution in [0.3, 0.4) is 0 Å². The van der Waals surface area contributed by atoms with Gasteiger partial charge in [-0.25, -0.2) is 0 Å². The van der Waals surface area contributed by atoms with Crippen LogP contribution in [-0.4, -0.2) is 13.1 Å². The van der Waals surface area contributed by atoms with Crippen molar-refractivity contribution in [3.63, 3.8) is 0 Å². The van der Waals surface area contributed by atoms with Gasteiger partial charge in [-0.15, -0.1) is 11.3 Å². The van der Waals surface area contributed by atoms with Crippen LogP contribution in [0.4, 0.5) is 0 Å². The number of carbonyl (C=O) groups excluding carboxylic acids is 1. The third kappa shape index (κ3) is 2.11. The Morgan fingerprint density at radius 1 is 1.62 bits per heavy atom. The van der Waals surface area contributed by atoms with Crippen molar-refractivity contribution in [2.24, 2.45) is 0 Å². The molecule has 1 heterocycles. The average molecular weight is 263 g/mol. The average Bonchev–Trinajstić information content (AvgIpc) is 2.50. The van der Waals surface area contributed by atoms with E-state index in [-0.39, 0.29) is 5.97 Å². The molecule has 0 aliphatic heterocycles. The molecule has 0 atom stereocenters. The molecule has 2 nitrogen and oxygen atoms in total. The maximum absolute atomic E-state index is 11.4. The molecule has 0 saturated heterocycles. The van der Waals surface area contributed by atoms with E-state index in [0.29, 0.717) is 0 Å². The summed E-state index contributed by atoms with van der Waals surface area (Å²) in [6, 6.07) is 1.95. The van der Waals surface area contributed by atoms with Crippen LogP contribution in [0, 0.1) is 0 Å². The third-order valence-corrected chi connectivity index (χ3v) is 3.89. The van der Waals surface area contributed by atoms with E-state index >= 15 is 0 Å². The lowest BCUT2D eigenvalue weighted by Gasteiger charge is -2.19. The van der Waals surface area contributed by atoms with Crippen molar-refractivity contribution in [1.29, 1.82) is 0 Å². The quantitative estimate of drug-likeness (QED) is 0.767. The molecule has 1 aromatic rings. The van der Waals surface area contributed by atoms with Crippen LogP contribution < -0.4 is 0 Å². The Hall–Kier alpha value is -0.350. The Labute approximate surface area is 90.0 Å². The van der Waals surface area contributed by atoms with Crippen LogP contribution in [0.2, 0.25) is 0 Å². The van der Waals surface area contributed by atoms with E-state index in [1.165, 1.54) is 7.11 Å². The molecule has 0 aliphatic rings. The first-order chi connectivity index (χ1) is 5.98. The predicted molar refractivity (Wildman–Crippen MR) is 57.1 cm³/mol. The molecule has 0 spiro atoms. The van der Waals surface area contributed by atoms with Crippen molar-refractivity contribution < 1.29 is 9.53 Å². The van der Waals surface area contributed by atoms with Crippen LogP contribution in [0.1, 0.15) is 18.7 Å². The smallest absolute Gasteiger partial charge is 0.316 e. The van der Waals surface area contributed by atoms with E-state index in [1.807, 2.05) is 25.3 Å². The van der Waals surface area contributed by atoms with Gasteiger partial charge in [-0.05, 0) is 35.8 Å². The summed E-state index contributed by atoms with van der Waals surface area (Å²) in [6.07, 6.45) is 0. The molecule has 0 fully saturated rings. The van der Waals surface area contributed by atoms with E-state index in [1.54, 1.807) is 11.3 Å². The molecular formula is C9H11BrO2S. The van der Waals surface area contributed by atoms with E-state index in [0.717, 1.165) is 9.35 Å². The van der Waals surface area contributed by atoms with Gasteiger partial charge in [0.25, 0.3) is 0 Å². The minimum atomic E-state index is -0.550. The summed E-state index contributed by atoms with van der Waals surface area (Å²) in [5, 5.41) is 1.96. The van der Waals surface area contributed by atoms with Gasteiger partial charge in [-0.3, -0.25) is 4.79 Å². The van der Waals surface area contributed by atoms with Gasteiger partial charge in [-0.2, -0.15) is 0 Å². The largest absolute Gasteiger partial charge is 0.468 e. The summed E-state index contributed by atoms with van der Waals surface area (Å²) in [5.41, 5.74) is -0.550. The lowest BCUT2D eigenvalue weighted by atomic mass is 9.92. The van der Waals surface area contributed by atoms with Crippen molar-refractivity contribution in [3.8, 4) is 0 Å². The molecule has 0 radical (unpaired) electrons. The molecule has 13 heavy (non-hydrogen) atoms. The van der Waals surface area contributed by atoms with Crippen molar-refractivity contribution >= 4 is 33.2 Å². The monoisotopic (exact) mass is 262 g/mol. The topological polar surface area (TPSA) is 26.3 Å². The van der Waals surface area contributed by atoms with Crippen LogP contribution in [0.5, 0.6) is 0 Å². The Kier molecular flexibility index (Phi) is 3.14. The van der Waals surface area contributed by atoms with Crippen LogP contribution in [0.15, 0.2) is 15.9 Å². The molecule has 4 heteroatoms. The van der Waals surface area contributed by atoms with Crippen LogP contribution >= 0.6 is 27.3 Å². The molecule has 0 aromatic carbocycles. The van der Waals surface area contributed by atoms with Gasteiger partial charge >= 0.3 is 5.97 Å². The number of hydrogen-bond donors (Lipinski definition) is 0. The molecule has 0 saturated carbocycles. The van der Waals surface area contributed by atoms with Gasteiger partial charge in [0.15, 0.2) is 0 Å². The second-order valence-corrected chi connectivity index (χ2v) is 5.07. The molecule has 0 amide bonds.